The van der Waals surface area contributed by atoms with Crippen LogP contribution in [0.25, 0.3) is 0 Å². The Balaban J connectivity index is 1.82. The minimum Gasteiger partial charge on any atom is -0.394 e. The van der Waals surface area contributed by atoms with Gasteiger partial charge in [0.1, 0.15) is 48.8 Å². The predicted octanol–water partition coefficient (Wildman–Crippen LogP) is 9.39. The smallest absolute Gasteiger partial charge is 0.220 e. The van der Waals surface area contributed by atoms with E-state index in [4.69, 9.17) is 18.9 Å². The highest BCUT2D eigenvalue weighted by Crippen LogP contribution is 2.30. The molecule has 2 aliphatic rings. The maximum absolute atomic E-state index is 13.2. The van der Waals surface area contributed by atoms with Gasteiger partial charge in [0, 0.05) is 6.42 Å². The summed E-state index contributed by atoms with van der Waals surface area (Å²) in [6.07, 6.45) is 39.7. The first kappa shape index (κ1) is 66.8. The molecule has 2 aliphatic heterocycles. The summed E-state index contributed by atoms with van der Waals surface area (Å²) < 4.78 is 22.7. The van der Waals surface area contributed by atoms with Crippen LogP contribution in [0.15, 0.2) is 60.8 Å². The number of unbranched alkanes of at least 4 members (excludes halogenated alkanes) is 24. The van der Waals surface area contributed by atoms with Crippen LogP contribution in [0, 0.1) is 0 Å². The molecule has 1 amide bonds. The fourth-order valence-electron chi connectivity index (χ4n) is 9.20. The zero-order chi connectivity index (χ0) is 53.2. The molecule has 0 aromatic heterocycles. The molecule has 0 aliphatic carbocycles. The number of hydrogen-bond donors (Lipinski definition) is 9. The van der Waals surface area contributed by atoms with Gasteiger partial charge in [0.25, 0.3) is 0 Å². The summed E-state index contributed by atoms with van der Waals surface area (Å²) in [6, 6.07) is -0.941. The van der Waals surface area contributed by atoms with E-state index in [2.05, 4.69) is 67.8 Å². The molecule has 424 valence electrons. The number of carbonyl (C=O) groups excluding carboxylic acids is 1. The summed E-state index contributed by atoms with van der Waals surface area (Å²) in [5.41, 5.74) is 0. The number of aliphatic hydroxyl groups is 8. The topological polar surface area (TPSA) is 228 Å². The molecule has 2 fully saturated rings. The van der Waals surface area contributed by atoms with Crippen molar-refractivity contribution < 1.29 is 64.6 Å². The quantitative estimate of drug-likeness (QED) is 0.0205. The van der Waals surface area contributed by atoms with E-state index in [1.165, 1.54) is 116 Å². The van der Waals surface area contributed by atoms with Crippen molar-refractivity contribution in [2.24, 2.45) is 0 Å². The van der Waals surface area contributed by atoms with E-state index in [0.29, 0.717) is 12.8 Å². The van der Waals surface area contributed by atoms with Crippen LogP contribution in [0.1, 0.15) is 213 Å². The van der Waals surface area contributed by atoms with Gasteiger partial charge in [-0.15, -0.1) is 0 Å². The first-order valence-electron chi connectivity index (χ1n) is 29.0. The lowest BCUT2D eigenvalue weighted by molar-refractivity contribution is -0.359. The van der Waals surface area contributed by atoms with Gasteiger partial charge in [-0.25, -0.2) is 0 Å². The lowest BCUT2D eigenvalue weighted by Crippen LogP contribution is -2.65. The number of nitrogens with one attached hydrogen (secondary N) is 1. The summed E-state index contributed by atoms with van der Waals surface area (Å²) in [7, 11) is 0. The molecular weight excluding hydrogens is 931 g/mol. The Bertz CT molecular complexity index is 1450. The molecular formula is C59H105NO13. The third-order valence-electron chi connectivity index (χ3n) is 13.9. The highest BCUT2D eigenvalue weighted by molar-refractivity contribution is 5.76. The summed E-state index contributed by atoms with van der Waals surface area (Å²) in [4.78, 5) is 13.2. The van der Waals surface area contributed by atoms with Crippen LogP contribution in [0.5, 0.6) is 0 Å². The highest BCUT2D eigenvalue weighted by atomic mass is 16.7. The number of hydrogen-bond acceptors (Lipinski definition) is 13. The van der Waals surface area contributed by atoms with Gasteiger partial charge < -0.3 is 65.1 Å². The molecule has 2 heterocycles. The van der Waals surface area contributed by atoms with E-state index in [9.17, 15) is 45.6 Å². The van der Waals surface area contributed by atoms with E-state index in [0.717, 1.165) is 64.2 Å². The van der Waals surface area contributed by atoms with E-state index in [1.54, 1.807) is 6.08 Å². The maximum atomic E-state index is 13.2. The van der Waals surface area contributed by atoms with Gasteiger partial charge in [-0.2, -0.15) is 0 Å². The number of allylic oxidation sites excluding steroid dienone is 9. The normalized spacial score (nSPS) is 25.8. The second-order valence-electron chi connectivity index (χ2n) is 20.4. The van der Waals surface area contributed by atoms with Crippen molar-refractivity contribution in [2.75, 3.05) is 19.8 Å². The van der Waals surface area contributed by atoms with Gasteiger partial charge in [0.05, 0.1) is 32.0 Å². The Kier molecular flexibility index (Phi) is 41.0. The van der Waals surface area contributed by atoms with Gasteiger partial charge in [-0.3, -0.25) is 4.79 Å². The van der Waals surface area contributed by atoms with Gasteiger partial charge in [-0.1, -0.05) is 197 Å². The Morgan fingerprint density at radius 3 is 1.47 bits per heavy atom. The van der Waals surface area contributed by atoms with Crippen molar-refractivity contribution in [2.45, 2.75) is 286 Å². The average Bonchev–Trinajstić information content (AvgIpc) is 3.39. The van der Waals surface area contributed by atoms with Crippen LogP contribution in [0.3, 0.4) is 0 Å². The molecule has 14 nitrogen and oxygen atoms in total. The van der Waals surface area contributed by atoms with E-state index in [-0.39, 0.29) is 18.9 Å². The number of aliphatic hydroxyl groups excluding tert-OH is 8. The van der Waals surface area contributed by atoms with Crippen molar-refractivity contribution in [3.8, 4) is 0 Å². The summed E-state index contributed by atoms with van der Waals surface area (Å²) in [5, 5.41) is 87.0. The van der Waals surface area contributed by atoms with Crippen molar-refractivity contribution >= 4 is 5.91 Å². The first-order chi connectivity index (χ1) is 35.6. The Labute approximate surface area is 441 Å². The number of carbonyl (C=O) groups is 1. The molecule has 0 spiro atoms. The van der Waals surface area contributed by atoms with Crippen LogP contribution in [0.2, 0.25) is 0 Å². The van der Waals surface area contributed by atoms with Crippen LogP contribution >= 0.6 is 0 Å². The maximum Gasteiger partial charge on any atom is 0.220 e. The molecule has 73 heavy (non-hydrogen) atoms. The largest absolute Gasteiger partial charge is 0.394 e. The van der Waals surface area contributed by atoms with E-state index >= 15 is 0 Å². The minimum absolute atomic E-state index is 0.257. The second-order valence-corrected chi connectivity index (χ2v) is 20.4. The standard InChI is InChI=1S/C59H105NO13/c1-3-5-7-9-11-13-15-17-19-21-23-25-26-28-30-32-34-36-38-40-42-48(63)47(60-51(64)43-41-39-37-35-33-31-29-27-24-22-20-18-16-14-12-10-8-6-4-2)46-70-58-56(69)54(67)57(50(45-62)72-58)73-59-55(68)53(66)52(65)49(44-61)71-59/h12,14,18,20,24,27,32,34,40,42,47-50,52-59,61-63,65-69H,3-11,13,15-17,19,21-23,25-26,28-31,33,35-39,41,43-46H2,1-2H3,(H,60,64)/b14-12-,20-18-,27-24-,34-32+,42-40+. The van der Waals surface area contributed by atoms with Crippen molar-refractivity contribution in [3.05, 3.63) is 60.8 Å². The van der Waals surface area contributed by atoms with Crippen molar-refractivity contribution in [1.82, 2.24) is 5.32 Å². The molecule has 14 heteroatoms. The Morgan fingerprint density at radius 2 is 0.918 bits per heavy atom. The van der Waals surface area contributed by atoms with Gasteiger partial charge >= 0.3 is 0 Å². The minimum atomic E-state index is -1.79. The predicted molar refractivity (Wildman–Crippen MR) is 290 cm³/mol. The average molecular weight is 1040 g/mol. The Morgan fingerprint density at radius 1 is 0.493 bits per heavy atom. The summed E-state index contributed by atoms with van der Waals surface area (Å²) >= 11 is 0. The van der Waals surface area contributed by atoms with Gasteiger partial charge in [0.2, 0.25) is 5.91 Å². The number of ether oxygens (including phenoxy) is 4. The SMILES string of the molecule is CCCCC/C=C\C/C=C\C/C=C\CCCCCCCCC(=O)NC(COC1OC(CO)C(OC2OC(CO)C(O)C(O)C2O)C(O)C1O)C(O)/C=C/CC/C=C/CCCCCCCCCCCCCCCC. The fourth-order valence-corrected chi connectivity index (χ4v) is 9.20. The zero-order valence-electron chi connectivity index (χ0n) is 45.4. The van der Waals surface area contributed by atoms with Crippen LogP contribution in [-0.2, 0) is 23.7 Å². The fraction of sp³-hybridized carbons (Fsp3) is 0.814. The summed E-state index contributed by atoms with van der Waals surface area (Å²) in [5.74, 6) is -0.263. The number of amides is 1. The molecule has 9 N–H and O–H groups in total. The molecule has 0 aromatic carbocycles. The lowest BCUT2D eigenvalue weighted by Gasteiger charge is -2.46. The number of rotatable bonds is 45. The first-order valence-corrected chi connectivity index (χ1v) is 29.0. The molecule has 0 aromatic rings. The molecule has 0 bridgehead atoms. The molecule has 2 saturated heterocycles. The van der Waals surface area contributed by atoms with Gasteiger partial charge in [0.15, 0.2) is 12.6 Å². The Hall–Kier alpha value is -2.31. The van der Waals surface area contributed by atoms with Gasteiger partial charge in [-0.05, 0) is 70.6 Å². The lowest BCUT2D eigenvalue weighted by atomic mass is 9.97. The van der Waals surface area contributed by atoms with Crippen molar-refractivity contribution in [1.29, 1.82) is 0 Å². The van der Waals surface area contributed by atoms with E-state index in [1.807, 2.05) is 6.08 Å². The molecule has 12 atom stereocenters. The molecule has 0 radical (unpaired) electrons. The second kappa shape index (κ2) is 44.8. The van der Waals surface area contributed by atoms with Crippen LogP contribution in [0.4, 0.5) is 0 Å². The van der Waals surface area contributed by atoms with Crippen molar-refractivity contribution in [3.63, 3.8) is 0 Å². The molecule has 12 unspecified atom stereocenters. The van der Waals surface area contributed by atoms with E-state index < -0.39 is 86.8 Å². The zero-order valence-corrected chi connectivity index (χ0v) is 45.4. The van der Waals surface area contributed by atoms with Crippen LogP contribution in [-0.4, -0.2) is 140 Å². The monoisotopic (exact) mass is 1040 g/mol. The van der Waals surface area contributed by atoms with Crippen LogP contribution < -0.4 is 5.32 Å². The third-order valence-corrected chi connectivity index (χ3v) is 13.9. The summed E-state index contributed by atoms with van der Waals surface area (Å²) in [6.45, 7) is 2.74. The molecule has 0 saturated carbocycles. The molecule has 2 rings (SSSR count). The third kappa shape index (κ3) is 30.9. The highest BCUT2D eigenvalue weighted by Gasteiger charge is 2.51.